The molecule has 1 aliphatic rings. The van der Waals surface area contributed by atoms with E-state index in [2.05, 4.69) is 29.4 Å². The Morgan fingerprint density at radius 1 is 1.25 bits per heavy atom. The van der Waals surface area contributed by atoms with Gasteiger partial charge in [-0.3, -0.25) is 4.90 Å². The van der Waals surface area contributed by atoms with Crippen LogP contribution in [0.5, 0.6) is 11.5 Å². The van der Waals surface area contributed by atoms with E-state index in [9.17, 15) is 4.79 Å². The van der Waals surface area contributed by atoms with Gasteiger partial charge in [-0.1, -0.05) is 0 Å². The van der Waals surface area contributed by atoms with Gasteiger partial charge in [0.15, 0.2) is 0 Å². The number of nitrogens with zero attached hydrogens (tertiary/aromatic N) is 1. The molecule has 1 aromatic rings. The van der Waals surface area contributed by atoms with Crippen LogP contribution in [0.3, 0.4) is 0 Å². The first-order valence-corrected chi connectivity index (χ1v) is 8.06. The summed E-state index contributed by atoms with van der Waals surface area (Å²) in [5.41, 5.74) is 0.429. The number of hydrogen-bond donors (Lipinski definition) is 2. The summed E-state index contributed by atoms with van der Waals surface area (Å²) in [5, 5.41) is 5.74. The monoisotopic (exact) mass is 337 g/mol. The van der Waals surface area contributed by atoms with Gasteiger partial charge in [0, 0.05) is 31.2 Å². The minimum atomic E-state index is -0.275. The van der Waals surface area contributed by atoms with Crippen LogP contribution < -0.4 is 20.1 Å². The average molecular weight is 337 g/mol. The minimum absolute atomic E-state index is 0.139. The van der Waals surface area contributed by atoms with Gasteiger partial charge in [-0.15, -0.1) is 0 Å². The summed E-state index contributed by atoms with van der Waals surface area (Å²) >= 11 is 0. The number of amides is 2. The molecule has 0 aliphatic carbocycles. The molecule has 2 amide bonds. The van der Waals surface area contributed by atoms with E-state index in [0.29, 0.717) is 23.7 Å². The molecule has 0 saturated carbocycles. The lowest BCUT2D eigenvalue weighted by Crippen LogP contribution is -2.55. The number of benzene rings is 1. The number of nitrogens with one attached hydrogen (secondary N) is 2. The van der Waals surface area contributed by atoms with E-state index in [1.807, 2.05) is 0 Å². The summed E-state index contributed by atoms with van der Waals surface area (Å²) in [4.78, 5) is 14.6. The van der Waals surface area contributed by atoms with Gasteiger partial charge in [0.25, 0.3) is 0 Å². The lowest BCUT2D eigenvalue weighted by molar-refractivity contribution is -0.00863. The third-order valence-corrected chi connectivity index (χ3v) is 4.20. The van der Waals surface area contributed by atoms with Gasteiger partial charge in [0.05, 0.1) is 33.1 Å². The smallest absolute Gasteiger partial charge is 0.319 e. The van der Waals surface area contributed by atoms with Crippen molar-refractivity contribution in [3.63, 3.8) is 0 Å². The second-order valence-corrected chi connectivity index (χ2v) is 6.29. The SMILES string of the molecule is COc1ccc(OC)c(NC(=O)NCC(C)(C)N2CCOCC2)c1. The van der Waals surface area contributed by atoms with Gasteiger partial charge in [-0.05, 0) is 26.0 Å². The van der Waals surface area contributed by atoms with E-state index in [0.717, 1.165) is 26.3 Å². The van der Waals surface area contributed by atoms with Gasteiger partial charge in [-0.25, -0.2) is 4.79 Å². The molecule has 0 bridgehead atoms. The molecule has 1 aromatic carbocycles. The van der Waals surface area contributed by atoms with Crippen LogP contribution in [0.4, 0.5) is 10.5 Å². The zero-order valence-corrected chi connectivity index (χ0v) is 14.8. The fourth-order valence-corrected chi connectivity index (χ4v) is 2.66. The Morgan fingerprint density at radius 2 is 1.96 bits per heavy atom. The van der Waals surface area contributed by atoms with Gasteiger partial charge in [0.2, 0.25) is 0 Å². The van der Waals surface area contributed by atoms with Gasteiger partial charge >= 0.3 is 6.03 Å². The zero-order chi connectivity index (χ0) is 17.6. The highest BCUT2D eigenvalue weighted by molar-refractivity contribution is 5.91. The van der Waals surface area contributed by atoms with Crippen molar-refractivity contribution in [3.8, 4) is 11.5 Å². The standard InChI is InChI=1S/C17H27N3O4/c1-17(2,20-7-9-24-10-8-20)12-18-16(21)19-14-11-13(22-3)5-6-15(14)23-4/h5-6,11H,7-10,12H2,1-4H3,(H2,18,19,21). The van der Waals surface area contributed by atoms with Crippen molar-refractivity contribution >= 4 is 11.7 Å². The number of anilines is 1. The highest BCUT2D eigenvalue weighted by Gasteiger charge is 2.28. The molecular weight excluding hydrogens is 310 g/mol. The Kier molecular flexibility index (Phi) is 6.28. The Labute approximate surface area is 143 Å². The van der Waals surface area contributed by atoms with Crippen molar-refractivity contribution in [1.29, 1.82) is 0 Å². The molecule has 1 fully saturated rings. The first-order valence-electron chi connectivity index (χ1n) is 8.06. The number of morpholine rings is 1. The minimum Gasteiger partial charge on any atom is -0.497 e. The number of hydrogen-bond acceptors (Lipinski definition) is 5. The molecule has 7 nitrogen and oxygen atoms in total. The quantitative estimate of drug-likeness (QED) is 0.830. The summed E-state index contributed by atoms with van der Waals surface area (Å²) in [7, 11) is 3.14. The molecule has 1 aliphatic heterocycles. The van der Waals surface area contributed by atoms with Crippen molar-refractivity contribution < 1.29 is 19.0 Å². The van der Waals surface area contributed by atoms with Crippen molar-refractivity contribution in [2.75, 3.05) is 52.4 Å². The van der Waals surface area contributed by atoms with Gasteiger partial charge in [-0.2, -0.15) is 0 Å². The highest BCUT2D eigenvalue weighted by atomic mass is 16.5. The number of urea groups is 1. The number of carbonyl (C=O) groups excluding carboxylic acids is 1. The van der Waals surface area contributed by atoms with E-state index >= 15 is 0 Å². The third kappa shape index (κ3) is 4.75. The van der Waals surface area contributed by atoms with Crippen LogP contribution in [-0.4, -0.2) is 63.5 Å². The van der Waals surface area contributed by atoms with Crippen LogP contribution in [0.15, 0.2) is 18.2 Å². The van der Waals surface area contributed by atoms with Crippen molar-refractivity contribution in [2.24, 2.45) is 0 Å². The first-order chi connectivity index (χ1) is 11.5. The van der Waals surface area contributed by atoms with Crippen molar-refractivity contribution in [1.82, 2.24) is 10.2 Å². The van der Waals surface area contributed by atoms with Crippen LogP contribution in [0.1, 0.15) is 13.8 Å². The molecule has 0 unspecified atom stereocenters. The van der Waals surface area contributed by atoms with E-state index in [4.69, 9.17) is 14.2 Å². The molecule has 134 valence electrons. The average Bonchev–Trinajstić information content (AvgIpc) is 2.60. The maximum atomic E-state index is 12.2. The molecule has 0 spiro atoms. The summed E-state index contributed by atoms with van der Waals surface area (Å²) in [5.74, 6) is 1.23. The molecule has 7 heteroatoms. The van der Waals surface area contributed by atoms with Crippen LogP contribution in [0.25, 0.3) is 0 Å². The predicted molar refractivity (Wildman–Crippen MR) is 93.0 cm³/mol. The van der Waals surface area contributed by atoms with E-state index < -0.39 is 0 Å². The fourth-order valence-electron chi connectivity index (χ4n) is 2.66. The predicted octanol–water partition coefficient (Wildman–Crippen LogP) is 1.94. The number of carbonyl (C=O) groups is 1. The highest BCUT2D eigenvalue weighted by Crippen LogP contribution is 2.28. The Balaban J connectivity index is 1.93. The number of methoxy groups -OCH3 is 2. The second kappa shape index (κ2) is 8.21. The maximum Gasteiger partial charge on any atom is 0.319 e. The molecule has 2 rings (SSSR count). The van der Waals surface area contributed by atoms with Crippen LogP contribution >= 0.6 is 0 Å². The summed E-state index contributed by atoms with van der Waals surface area (Å²) in [6.45, 7) is 7.98. The first kappa shape index (κ1) is 18.4. The topological polar surface area (TPSA) is 72.1 Å². The van der Waals surface area contributed by atoms with E-state index in [1.54, 1.807) is 32.4 Å². The Morgan fingerprint density at radius 3 is 2.58 bits per heavy atom. The fraction of sp³-hybridized carbons (Fsp3) is 0.588. The normalized spacial score (nSPS) is 15.7. The molecule has 1 heterocycles. The van der Waals surface area contributed by atoms with Gasteiger partial charge in [0.1, 0.15) is 11.5 Å². The summed E-state index contributed by atoms with van der Waals surface area (Å²) in [6, 6.07) is 4.99. The molecule has 1 saturated heterocycles. The molecule has 0 atom stereocenters. The van der Waals surface area contributed by atoms with Gasteiger partial charge < -0.3 is 24.8 Å². The van der Waals surface area contributed by atoms with Crippen LogP contribution in [0, 0.1) is 0 Å². The van der Waals surface area contributed by atoms with Crippen LogP contribution in [-0.2, 0) is 4.74 Å². The lowest BCUT2D eigenvalue weighted by Gasteiger charge is -2.40. The van der Waals surface area contributed by atoms with E-state index in [1.165, 1.54) is 0 Å². The second-order valence-electron chi connectivity index (χ2n) is 6.29. The maximum absolute atomic E-state index is 12.2. The molecule has 2 N–H and O–H groups in total. The van der Waals surface area contributed by atoms with Crippen LogP contribution in [0.2, 0.25) is 0 Å². The van der Waals surface area contributed by atoms with E-state index in [-0.39, 0.29) is 11.6 Å². The largest absolute Gasteiger partial charge is 0.497 e. The molecular formula is C17H27N3O4. The number of ether oxygens (including phenoxy) is 3. The zero-order valence-electron chi connectivity index (χ0n) is 14.8. The molecule has 0 radical (unpaired) electrons. The third-order valence-electron chi connectivity index (χ3n) is 4.20. The Hall–Kier alpha value is -1.99. The number of rotatable bonds is 6. The Bertz CT molecular complexity index is 557. The molecule has 0 aromatic heterocycles. The van der Waals surface area contributed by atoms with Crippen molar-refractivity contribution in [3.05, 3.63) is 18.2 Å². The molecule has 24 heavy (non-hydrogen) atoms. The van der Waals surface area contributed by atoms with Crippen molar-refractivity contribution in [2.45, 2.75) is 19.4 Å². The summed E-state index contributed by atoms with van der Waals surface area (Å²) in [6.07, 6.45) is 0. The lowest BCUT2D eigenvalue weighted by atomic mass is 10.0. The summed E-state index contributed by atoms with van der Waals surface area (Å²) < 4.78 is 15.8.